The Morgan fingerprint density at radius 2 is 1.90 bits per heavy atom. The molecule has 192 valence electrons. The first kappa shape index (κ1) is 23.0. The molecule has 39 heavy (non-hydrogen) atoms. The summed E-state index contributed by atoms with van der Waals surface area (Å²) in [6.07, 6.45) is 7.92. The molecule has 0 spiro atoms. The number of aromatic nitrogens is 5. The summed E-state index contributed by atoms with van der Waals surface area (Å²) >= 11 is 0. The maximum atomic E-state index is 13.7. The van der Waals surface area contributed by atoms with Crippen LogP contribution >= 0.6 is 0 Å². The van der Waals surface area contributed by atoms with Crippen LogP contribution in [0.4, 0.5) is 5.69 Å². The van der Waals surface area contributed by atoms with Crippen molar-refractivity contribution in [1.29, 1.82) is 0 Å². The molecule has 9 nitrogen and oxygen atoms in total. The van der Waals surface area contributed by atoms with Crippen molar-refractivity contribution >= 4 is 39.4 Å². The normalized spacial score (nSPS) is 13.1. The van der Waals surface area contributed by atoms with E-state index in [1.165, 1.54) is 0 Å². The number of hydrogen-bond donors (Lipinski definition) is 3. The quantitative estimate of drug-likeness (QED) is 0.310. The summed E-state index contributed by atoms with van der Waals surface area (Å²) in [5, 5.41) is 11.7. The minimum absolute atomic E-state index is 0.0620. The second-order valence-electron chi connectivity index (χ2n) is 9.83. The number of fused-ring (bicyclic) bond motifs is 4. The zero-order valence-corrected chi connectivity index (χ0v) is 21.2. The zero-order chi connectivity index (χ0) is 26.5. The van der Waals surface area contributed by atoms with Crippen LogP contribution in [0.5, 0.6) is 0 Å². The van der Waals surface area contributed by atoms with Crippen molar-refractivity contribution in [2.24, 2.45) is 7.05 Å². The van der Waals surface area contributed by atoms with Crippen LogP contribution in [0.15, 0.2) is 79.4 Å². The third-order valence-corrected chi connectivity index (χ3v) is 7.57. The highest BCUT2D eigenvalue weighted by Gasteiger charge is 2.27. The Hall–Kier alpha value is -5.18. The molecular weight excluding hydrogens is 490 g/mol. The van der Waals surface area contributed by atoms with Crippen molar-refractivity contribution in [2.75, 3.05) is 11.9 Å². The average molecular weight is 516 g/mol. The number of hydrogen-bond acceptors (Lipinski definition) is 4. The molecule has 0 bridgehead atoms. The molecule has 3 N–H and O–H groups in total. The first-order valence-electron chi connectivity index (χ1n) is 12.8. The molecule has 0 saturated carbocycles. The summed E-state index contributed by atoms with van der Waals surface area (Å²) in [6.45, 7) is 0.961. The second-order valence-corrected chi connectivity index (χ2v) is 9.83. The number of carbonyl (C=O) groups excluding carboxylic acids is 2. The standard InChI is InChI=1S/C30H25N7O2/c1-36-26(13-20-14-32-28-24(27(20)36)9-11-31-28)30(39)37-12-10-19-3-2-4-23(25(19)17-37)29(38)35-22-7-5-18(6-8-22)21-15-33-34-16-21/h2-9,11,13-16H,10,12,17H2,1H3,(H,31,32)(H,33,34)(H,35,38). The van der Waals surface area contributed by atoms with Crippen molar-refractivity contribution in [3.8, 4) is 11.1 Å². The van der Waals surface area contributed by atoms with Gasteiger partial charge in [0.1, 0.15) is 11.3 Å². The number of nitrogens with one attached hydrogen (secondary N) is 3. The van der Waals surface area contributed by atoms with Gasteiger partial charge in [0.2, 0.25) is 0 Å². The minimum Gasteiger partial charge on any atom is -0.346 e. The van der Waals surface area contributed by atoms with Gasteiger partial charge in [-0.15, -0.1) is 0 Å². The monoisotopic (exact) mass is 515 g/mol. The Kier molecular flexibility index (Phi) is 5.29. The predicted molar refractivity (Wildman–Crippen MR) is 149 cm³/mol. The first-order chi connectivity index (χ1) is 19.1. The van der Waals surface area contributed by atoms with Gasteiger partial charge in [0.05, 0.1) is 11.7 Å². The molecule has 0 aliphatic carbocycles. The van der Waals surface area contributed by atoms with E-state index in [1.807, 2.05) is 83.5 Å². The van der Waals surface area contributed by atoms with E-state index in [9.17, 15) is 9.59 Å². The number of pyridine rings is 1. The fourth-order valence-electron chi connectivity index (χ4n) is 5.54. The number of aromatic amines is 2. The van der Waals surface area contributed by atoms with Crippen molar-refractivity contribution in [1.82, 2.24) is 29.6 Å². The van der Waals surface area contributed by atoms with Crippen molar-refractivity contribution < 1.29 is 9.59 Å². The van der Waals surface area contributed by atoms with Gasteiger partial charge in [0, 0.05) is 66.3 Å². The summed E-state index contributed by atoms with van der Waals surface area (Å²) in [6, 6.07) is 17.3. The Bertz CT molecular complexity index is 1860. The number of H-pyrrole nitrogens is 2. The van der Waals surface area contributed by atoms with Gasteiger partial charge in [-0.05, 0) is 53.4 Å². The molecular formula is C30H25N7O2. The smallest absolute Gasteiger partial charge is 0.270 e. The molecule has 0 saturated heterocycles. The Balaban J connectivity index is 1.15. The summed E-state index contributed by atoms with van der Waals surface area (Å²) in [5.41, 5.74) is 7.62. The van der Waals surface area contributed by atoms with E-state index >= 15 is 0 Å². The SMILES string of the molecule is Cn1c(C(=O)N2CCc3cccc(C(=O)Nc4ccc(-c5cn[nH]c5)cc4)c3C2)cc2cnc3[nH]ccc3c21. The van der Waals surface area contributed by atoms with Gasteiger partial charge in [-0.1, -0.05) is 24.3 Å². The highest BCUT2D eigenvalue weighted by atomic mass is 16.2. The van der Waals surface area contributed by atoms with Crippen LogP contribution < -0.4 is 5.32 Å². The topological polar surface area (TPSA) is 112 Å². The summed E-state index contributed by atoms with van der Waals surface area (Å²) < 4.78 is 1.94. The molecule has 7 rings (SSSR count). The van der Waals surface area contributed by atoms with Gasteiger partial charge in [-0.3, -0.25) is 14.7 Å². The molecule has 6 aromatic rings. The molecule has 0 radical (unpaired) electrons. The van der Waals surface area contributed by atoms with Gasteiger partial charge in [-0.2, -0.15) is 5.10 Å². The van der Waals surface area contributed by atoms with Gasteiger partial charge in [0.25, 0.3) is 11.8 Å². The van der Waals surface area contributed by atoms with Crippen molar-refractivity contribution in [3.63, 3.8) is 0 Å². The molecule has 4 aromatic heterocycles. The van der Waals surface area contributed by atoms with Crippen LogP contribution in [-0.2, 0) is 20.0 Å². The number of rotatable bonds is 4. The fourth-order valence-corrected chi connectivity index (χ4v) is 5.54. The van der Waals surface area contributed by atoms with Crippen LogP contribution in [0.25, 0.3) is 33.1 Å². The van der Waals surface area contributed by atoms with E-state index in [1.54, 1.807) is 12.4 Å². The van der Waals surface area contributed by atoms with Crippen LogP contribution in [0, 0.1) is 0 Å². The molecule has 1 aliphatic heterocycles. The Morgan fingerprint density at radius 1 is 1.03 bits per heavy atom. The first-order valence-corrected chi connectivity index (χ1v) is 12.8. The highest BCUT2D eigenvalue weighted by Crippen LogP contribution is 2.29. The number of amides is 2. The largest absolute Gasteiger partial charge is 0.346 e. The molecule has 0 atom stereocenters. The Morgan fingerprint density at radius 3 is 2.72 bits per heavy atom. The van der Waals surface area contributed by atoms with Crippen LogP contribution in [-0.4, -0.2) is 48.0 Å². The maximum Gasteiger partial charge on any atom is 0.270 e. The number of benzene rings is 2. The third kappa shape index (κ3) is 3.86. The van der Waals surface area contributed by atoms with E-state index in [4.69, 9.17) is 0 Å². The summed E-state index contributed by atoms with van der Waals surface area (Å²) in [7, 11) is 1.91. The third-order valence-electron chi connectivity index (χ3n) is 7.57. The van der Waals surface area contributed by atoms with Gasteiger partial charge in [-0.25, -0.2) is 4.98 Å². The Labute approximate surface area is 223 Å². The molecule has 2 aromatic carbocycles. The number of nitrogens with zero attached hydrogens (tertiary/aromatic N) is 4. The molecule has 2 amide bonds. The van der Waals surface area contributed by atoms with Crippen molar-refractivity contribution in [2.45, 2.75) is 13.0 Å². The van der Waals surface area contributed by atoms with E-state index in [-0.39, 0.29) is 11.8 Å². The van der Waals surface area contributed by atoms with Gasteiger partial charge < -0.3 is 19.8 Å². The molecule has 0 fully saturated rings. The number of carbonyl (C=O) groups is 2. The molecule has 1 aliphatic rings. The zero-order valence-electron chi connectivity index (χ0n) is 21.2. The van der Waals surface area contributed by atoms with Crippen molar-refractivity contribution in [3.05, 3.63) is 102 Å². The van der Waals surface area contributed by atoms with E-state index in [0.29, 0.717) is 36.5 Å². The van der Waals surface area contributed by atoms with E-state index < -0.39 is 0 Å². The lowest BCUT2D eigenvalue weighted by Gasteiger charge is -2.30. The fraction of sp³-hybridized carbons (Fsp3) is 0.133. The molecule has 0 unspecified atom stereocenters. The predicted octanol–water partition coefficient (Wildman–Crippen LogP) is 4.90. The van der Waals surface area contributed by atoms with Crippen LogP contribution in [0.3, 0.4) is 0 Å². The lowest BCUT2D eigenvalue weighted by atomic mass is 9.94. The van der Waals surface area contributed by atoms with Gasteiger partial charge >= 0.3 is 0 Å². The van der Waals surface area contributed by atoms with E-state index in [2.05, 4.69) is 25.5 Å². The minimum atomic E-state index is -0.192. The average Bonchev–Trinajstić information content (AvgIpc) is 3.73. The van der Waals surface area contributed by atoms with Crippen LogP contribution in [0.2, 0.25) is 0 Å². The molecule has 5 heterocycles. The van der Waals surface area contributed by atoms with E-state index in [0.717, 1.165) is 44.2 Å². The van der Waals surface area contributed by atoms with Gasteiger partial charge in [0.15, 0.2) is 0 Å². The summed E-state index contributed by atoms with van der Waals surface area (Å²) in [5.74, 6) is -0.254. The number of aryl methyl sites for hydroxylation is 1. The second kappa shape index (κ2) is 8.98. The lowest BCUT2D eigenvalue weighted by molar-refractivity contribution is 0.0723. The highest BCUT2D eigenvalue weighted by molar-refractivity contribution is 6.08. The summed E-state index contributed by atoms with van der Waals surface area (Å²) in [4.78, 5) is 36.5. The van der Waals surface area contributed by atoms with Crippen LogP contribution in [0.1, 0.15) is 32.0 Å². The maximum absolute atomic E-state index is 13.7. The lowest BCUT2D eigenvalue weighted by Crippen LogP contribution is -2.37. The molecule has 9 heteroatoms. The number of anilines is 1.